The topological polar surface area (TPSA) is 55.6 Å². The monoisotopic (exact) mass is 282 g/mol. The Hall–Kier alpha value is -0.610. The number of hydrogen-bond donors (Lipinski definition) is 1. The molecule has 3 atom stereocenters. The molecule has 3 unspecified atom stereocenters. The molecule has 1 heterocycles. The molecule has 0 radical (unpaired) electrons. The van der Waals surface area contributed by atoms with Crippen LogP contribution in [0.15, 0.2) is 0 Å². The van der Waals surface area contributed by atoms with E-state index in [9.17, 15) is 4.79 Å². The summed E-state index contributed by atoms with van der Waals surface area (Å²) in [5.74, 6) is 0.538. The molecule has 2 rings (SSSR count). The maximum atomic E-state index is 11.7. The molecule has 2 aliphatic rings. The minimum absolute atomic E-state index is 0.0696. The standard InChI is InChI=1S/C16H30N2O2/c1-20-16(19)11-14-8-5-6-10-18(14)15-9-4-2-3-7-13(15)12-17/h13-15H,2-12,17H2,1H3. The smallest absolute Gasteiger partial charge is 0.307 e. The van der Waals surface area contributed by atoms with Gasteiger partial charge in [-0.2, -0.15) is 0 Å². The Kier molecular flexibility index (Phi) is 6.30. The fourth-order valence-corrected chi connectivity index (χ4v) is 4.03. The number of nitrogens with zero attached hydrogens (tertiary/aromatic N) is 1. The number of hydrogen-bond acceptors (Lipinski definition) is 4. The highest BCUT2D eigenvalue weighted by Gasteiger charge is 2.34. The molecule has 1 saturated heterocycles. The number of carbonyl (C=O) groups excluding carboxylic acids is 1. The number of nitrogens with two attached hydrogens (primary N) is 1. The van der Waals surface area contributed by atoms with Crippen LogP contribution in [0.4, 0.5) is 0 Å². The Morgan fingerprint density at radius 3 is 2.65 bits per heavy atom. The molecule has 0 spiro atoms. The van der Waals surface area contributed by atoms with Gasteiger partial charge in [0.1, 0.15) is 0 Å². The zero-order valence-corrected chi connectivity index (χ0v) is 12.9. The van der Waals surface area contributed by atoms with Crippen LogP contribution in [0, 0.1) is 5.92 Å². The Balaban J connectivity index is 2.06. The van der Waals surface area contributed by atoms with Gasteiger partial charge in [-0.25, -0.2) is 0 Å². The van der Waals surface area contributed by atoms with E-state index in [2.05, 4.69) is 4.90 Å². The Labute approximate surface area is 123 Å². The predicted octanol–water partition coefficient (Wildman–Crippen LogP) is 2.31. The van der Waals surface area contributed by atoms with Gasteiger partial charge in [0.15, 0.2) is 0 Å². The number of rotatable bonds is 4. The van der Waals surface area contributed by atoms with Crippen LogP contribution in [0.5, 0.6) is 0 Å². The Morgan fingerprint density at radius 2 is 1.90 bits per heavy atom. The van der Waals surface area contributed by atoms with Crippen molar-refractivity contribution in [2.75, 3.05) is 20.2 Å². The van der Waals surface area contributed by atoms with Gasteiger partial charge in [0.25, 0.3) is 0 Å². The average molecular weight is 282 g/mol. The van der Waals surface area contributed by atoms with Crippen molar-refractivity contribution in [2.45, 2.75) is 69.9 Å². The first-order chi connectivity index (χ1) is 9.76. The van der Waals surface area contributed by atoms with Gasteiger partial charge in [0, 0.05) is 12.1 Å². The molecule has 0 aromatic carbocycles. The van der Waals surface area contributed by atoms with Crippen molar-refractivity contribution in [1.82, 2.24) is 4.90 Å². The molecule has 1 aliphatic heterocycles. The summed E-state index contributed by atoms with van der Waals surface area (Å²) in [5, 5.41) is 0. The molecular weight excluding hydrogens is 252 g/mol. The normalized spacial score (nSPS) is 32.6. The maximum absolute atomic E-state index is 11.7. The largest absolute Gasteiger partial charge is 0.469 e. The van der Waals surface area contributed by atoms with Crippen LogP contribution in [0.25, 0.3) is 0 Å². The summed E-state index contributed by atoms with van der Waals surface area (Å²) in [6.07, 6.45) is 10.6. The van der Waals surface area contributed by atoms with Crippen LogP contribution < -0.4 is 5.73 Å². The van der Waals surface area contributed by atoms with Gasteiger partial charge in [-0.3, -0.25) is 9.69 Å². The predicted molar refractivity (Wildman–Crippen MR) is 80.4 cm³/mol. The SMILES string of the molecule is COC(=O)CC1CCCCN1C1CCCCCC1CN. The zero-order valence-electron chi connectivity index (χ0n) is 12.9. The molecule has 0 bridgehead atoms. The lowest BCUT2D eigenvalue weighted by molar-refractivity contribution is -0.142. The lowest BCUT2D eigenvalue weighted by Gasteiger charge is -2.43. The highest BCUT2D eigenvalue weighted by Crippen LogP contribution is 2.32. The third-order valence-electron chi connectivity index (χ3n) is 5.15. The minimum Gasteiger partial charge on any atom is -0.469 e. The summed E-state index contributed by atoms with van der Waals surface area (Å²) in [7, 11) is 1.49. The van der Waals surface area contributed by atoms with E-state index in [1.165, 1.54) is 52.1 Å². The molecule has 4 heteroatoms. The second-order valence-corrected chi connectivity index (χ2v) is 6.37. The molecule has 0 aromatic heterocycles. The summed E-state index contributed by atoms with van der Waals surface area (Å²) in [6.45, 7) is 1.91. The number of piperidine rings is 1. The molecule has 0 amide bonds. The van der Waals surface area contributed by atoms with Crippen molar-refractivity contribution < 1.29 is 9.53 Å². The van der Waals surface area contributed by atoms with E-state index < -0.39 is 0 Å². The molecule has 116 valence electrons. The van der Waals surface area contributed by atoms with Crippen LogP contribution in [0.2, 0.25) is 0 Å². The number of ether oxygens (including phenoxy) is 1. The van der Waals surface area contributed by atoms with Gasteiger partial charge < -0.3 is 10.5 Å². The van der Waals surface area contributed by atoms with Gasteiger partial charge in [0.2, 0.25) is 0 Å². The molecule has 0 aromatic rings. The van der Waals surface area contributed by atoms with E-state index in [-0.39, 0.29) is 5.97 Å². The van der Waals surface area contributed by atoms with Crippen molar-refractivity contribution in [3.8, 4) is 0 Å². The lowest BCUT2D eigenvalue weighted by Crippen LogP contribution is -2.51. The minimum atomic E-state index is -0.0696. The van der Waals surface area contributed by atoms with Gasteiger partial charge in [-0.05, 0) is 44.7 Å². The van der Waals surface area contributed by atoms with Gasteiger partial charge >= 0.3 is 5.97 Å². The highest BCUT2D eigenvalue weighted by atomic mass is 16.5. The number of esters is 1. The van der Waals surface area contributed by atoms with E-state index in [4.69, 9.17) is 10.5 Å². The van der Waals surface area contributed by atoms with Crippen LogP contribution in [0.1, 0.15) is 57.8 Å². The molecule has 2 fully saturated rings. The summed E-state index contributed by atoms with van der Waals surface area (Å²) < 4.78 is 4.88. The number of methoxy groups -OCH3 is 1. The Bertz CT molecular complexity index is 309. The highest BCUT2D eigenvalue weighted by molar-refractivity contribution is 5.69. The summed E-state index contributed by atoms with van der Waals surface area (Å²) in [6, 6.07) is 0.950. The van der Waals surface area contributed by atoms with E-state index in [1.807, 2.05) is 0 Å². The second-order valence-electron chi connectivity index (χ2n) is 6.37. The van der Waals surface area contributed by atoms with Crippen LogP contribution in [0.3, 0.4) is 0 Å². The number of carbonyl (C=O) groups is 1. The van der Waals surface area contributed by atoms with Crippen molar-refractivity contribution in [1.29, 1.82) is 0 Å². The van der Waals surface area contributed by atoms with Crippen molar-refractivity contribution >= 4 is 5.97 Å². The van der Waals surface area contributed by atoms with Crippen molar-refractivity contribution in [3.63, 3.8) is 0 Å². The summed E-state index contributed by atoms with van der Waals surface area (Å²) >= 11 is 0. The average Bonchev–Trinajstić information content (AvgIpc) is 2.72. The third-order valence-corrected chi connectivity index (χ3v) is 5.15. The molecule has 4 nitrogen and oxygen atoms in total. The number of likely N-dealkylation sites (tertiary alicyclic amines) is 1. The van der Waals surface area contributed by atoms with E-state index in [0.717, 1.165) is 19.5 Å². The molecular formula is C16H30N2O2. The first kappa shape index (κ1) is 15.8. The van der Waals surface area contributed by atoms with Crippen LogP contribution in [-0.4, -0.2) is 43.2 Å². The summed E-state index contributed by atoms with van der Waals surface area (Å²) in [5.41, 5.74) is 6.02. The molecule has 1 aliphatic carbocycles. The van der Waals surface area contributed by atoms with E-state index in [0.29, 0.717) is 24.4 Å². The van der Waals surface area contributed by atoms with Crippen molar-refractivity contribution in [2.24, 2.45) is 11.7 Å². The van der Waals surface area contributed by atoms with Crippen LogP contribution >= 0.6 is 0 Å². The first-order valence-corrected chi connectivity index (χ1v) is 8.29. The van der Waals surface area contributed by atoms with Gasteiger partial charge in [0.05, 0.1) is 13.5 Å². The first-order valence-electron chi connectivity index (χ1n) is 8.29. The molecule has 20 heavy (non-hydrogen) atoms. The summed E-state index contributed by atoms with van der Waals surface area (Å²) in [4.78, 5) is 14.3. The lowest BCUT2D eigenvalue weighted by atomic mass is 9.88. The molecule has 2 N–H and O–H groups in total. The fraction of sp³-hybridized carbons (Fsp3) is 0.938. The maximum Gasteiger partial charge on any atom is 0.307 e. The van der Waals surface area contributed by atoms with Crippen molar-refractivity contribution in [3.05, 3.63) is 0 Å². The zero-order chi connectivity index (χ0) is 14.4. The quantitative estimate of drug-likeness (QED) is 0.635. The fourth-order valence-electron chi connectivity index (χ4n) is 4.03. The van der Waals surface area contributed by atoms with Gasteiger partial charge in [-0.15, -0.1) is 0 Å². The second kappa shape index (κ2) is 7.99. The van der Waals surface area contributed by atoms with Crippen LogP contribution in [-0.2, 0) is 9.53 Å². The van der Waals surface area contributed by atoms with E-state index >= 15 is 0 Å². The van der Waals surface area contributed by atoms with E-state index in [1.54, 1.807) is 0 Å². The third kappa shape index (κ3) is 3.95. The Morgan fingerprint density at radius 1 is 1.15 bits per heavy atom. The van der Waals surface area contributed by atoms with Gasteiger partial charge in [-0.1, -0.05) is 25.7 Å². The molecule has 1 saturated carbocycles.